The van der Waals surface area contributed by atoms with Gasteiger partial charge in [0.25, 0.3) is 5.91 Å². The number of nitrogens with zero attached hydrogens (tertiary/aromatic N) is 1. The number of rotatable bonds is 5. The zero-order valence-electron chi connectivity index (χ0n) is 15.1. The van der Waals surface area contributed by atoms with Crippen molar-refractivity contribution >= 4 is 5.91 Å². The molecule has 1 amide bonds. The molecule has 3 aliphatic rings. The number of piperidine rings is 1. The molecule has 3 fully saturated rings. The number of hydrogen-bond acceptors (Lipinski definition) is 4. The zero-order chi connectivity index (χ0) is 17.6. The first-order valence-electron chi connectivity index (χ1n) is 9.43. The molecule has 2 aliphatic carbocycles. The van der Waals surface area contributed by atoms with Gasteiger partial charge in [-0.1, -0.05) is 25.0 Å². The topological polar surface area (TPSA) is 61.8 Å². The molecule has 0 radical (unpaired) electrons. The number of methoxy groups -OCH3 is 1. The Morgan fingerprint density at radius 1 is 1.20 bits per heavy atom. The van der Waals surface area contributed by atoms with Crippen LogP contribution in [0.25, 0.3) is 0 Å². The van der Waals surface area contributed by atoms with Crippen LogP contribution >= 0.6 is 0 Å². The van der Waals surface area contributed by atoms with Crippen molar-refractivity contribution in [1.29, 1.82) is 0 Å². The molecule has 1 aliphatic heterocycles. The largest absolute Gasteiger partial charge is 0.497 e. The summed E-state index contributed by atoms with van der Waals surface area (Å²) in [6.07, 6.45) is 4.00. The number of ether oxygens (including phenoxy) is 1. The summed E-state index contributed by atoms with van der Waals surface area (Å²) in [6.45, 7) is 1.53. The van der Waals surface area contributed by atoms with Crippen LogP contribution in [-0.2, 0) is 10.4 Å². The average Bonchev–Trinajstić information content (AvgIpc) is 3.08. The van der Waals surface area contributed by atoms with E-state index in [9.17, 15) is 9.90 Å². The second-order valence-electron chi connectivity index (χ2n) is 7.83. The third-order valence-electron chi connectivity index (χ3n) is 6.62. The van der Waals surface area contributed by atoms with Crippen LogP contribution in [0.1, 0.15) is 31.2 Å². The molecule has 0 bridgehead atoms. The van der Waals surface area contributed by atoms with Crippen molar-refractivity contribution in [1.82, 2.24) is 10.2 Å². The second-order valence-corrected chi connectivity index (χ2v) is 7.83. The van der Waals surface area contributed by atoms with E-state index in [-0.39, 0.29) is 11.8 Å². The number of hydrogen-bond donors (Lipinski definition) is 2. The van der Waals surface area contributed by atoms with Gasteiger partial charge < -0.3 is 20.1 Å². The molecule has 1 saturated heterocycles. The highest BCUT2D eigenvalue weighted by molar-refractivity contribution is 5.87. The van der Waals surface area contributed by atoms with Gasteiger partial charge in [0.15, 0.2) is 5.60 Å². The van der Waals surface area contributed by atoms with Crippen molar-refractivity contribution in [2.45, 2.75) is 37.3 Å². The van der Waals surface area contributed by atoms with Gasteiger partial charge in [-0.3, -0.25) is 4.79 Å². The Balaban J connectivity index is 1.60. The SMILES string of the molecule is CNC1C2CN(C(=O)C(O)(c3ccc(OC)cc3)C3CCCC3)CC21. The second kappa shape index (κ2) is 6.29. The number of nitrogens with one attached hydrogen (secondary N) is 1. The fourth-order valence-corrected chi connectivity index (χ4v) is 5.08. The maximum absolute atomic E-state index is 13.4. The van der Waals surface area contributed by atoms with Crippen molar-refractivity contribution in [3.8, 4) is 5.75 Å². The Kier molecular flexibility index (Phi) is 4.24. The van der Waals surface area contributed by atoms with Crippen LogP contribution in [0.5, 0.6) is 5.75 Å². The van der Waals surface area contributed by atoms with Gasteiger partial charge in [0.1, 0.15) is 5.75 Å². The lowest BCUT2D eigenvalue weighted by molar-refractivity contribution is -0.158. The lowest BCUT2D eigenvalue weighted by atomic mass is 9.79. The normalized spacial score (nSPS) is 30.8. The first-order valence-corrected chi connectivity index (χ1v) is 9.43. The molecule has 25 heavy (non-hydrogen) atoms. The smallest absolute Gasteiger partial charge is 0.259 e. The lowest BCUT2D eigenvalue weighted by Gasteiger charge is -2.37. The summed E-state index contributed by atoms with van der Waals surface area (Å²) in [4.78, 5) is 15.3. The molecule has 136 valence electrons. The van der Waals surface area contributed by atoms with Crippen LogP contribution in [0, 0.1) is 17.8 Å². The molecule has 2 saturated carbocycles. The maximum Gasteiger partial charge on any atom is 0.259 e. The van der Waals surface area contributed by atoms with E-state index in [0.29, 0.717) is 23.4 Å². The Morgan fingerprint density at radius 3 is 2.32 bits per heavy atom. The minimum absolute atomic E-state index is 0.00502. The number of benzene rings is 1. The van der Waals surface area contributed by atoms with Gasteiger partial charge >= 0.3 is 0 Å². The molecular weight excluding hydrogens is 316 g/mol. The molecule has 3 unspecified atom stereocenters. The average molecular weight is 344 g/mol. The Labute approximate surface area is 149 Å². The minimum Gasteiger partial charge on any atom is -0.497 e. The van der Waals surface area contributed by atoms with E-state index in [2.05, 4.69) is 5.32 Å². The first kappa shape index (κ1) is 16.9. The van der Waals surface area contributed by atoms with Crippen molar-refractivity contribution in [3.05, 3.63) is 29.8 Å². The van der Waals surface area contributed by atoms with Crippen LogP contribution in [0.2, 0.25) is 0 Å². The number of carbonyl (C=O) groups is 1. The van der Waals surface area contributed by atoms with Crippen molar-refractivity contribution < 1.29 is 14.6 Å². The molecule has 1 aromatic rings. The van der Waals surface area contributed by atoms with Crippen LogP contribution in [-0.4, -0.2) is 49.2 Å². The van der Waals surface area contributed by atoms with Crippen molar-refractivity contribution in [2.24, 2.45) is 17.8 Å². The van der Waals surface area contributed by atoms with E-state index in [1.54, 1.807) is 7.11 Å². The molecule has 1 heterocycles. The summed E-state index contributed by atoms with van der Waals surface area (Å²) in [5.41, 5.74) is -0.703. The third-order valence-corrected chi connectivity index (χ3v) is 6.62. The van der Waals surface area contributed by atoms with Crippen molar-refractivity contribution in [3.63, 3.8) is 0 Å². The highest BCUT2D eigenvalue weighted by atomic mass is 16.5. The summed E-state index contributed by atoms with van der Waals surface area (Å²) in [6, 6.07) is 7.91. The van der Waals surface area contributed by atoms with Gasteiger partial charge in [0.2, 0.25) is 0 Å². The summed E-state index contributed by atoms with van der Waals surface area (Å²) in [7, 11) is 3.61. The predicted octanol–water partition coefficient (Wildman–Crippen LogP) is 1.75. The molecule has 0 spiro atoms. The van der Waals surface area contributed by atoms with Crippen LogP contribution < -0.4 is 10.1 Å². The highest BCUT2D eigenvalue weighted by Gasteiger charge is 2.59. The maximum atomic E-state index is 13.4. The monoisotopic (exact) mass is 344 g/mol. The first-order chi connectivity index (χ1) is 12.1. The Morgan fingerprint density at radius 2 is 1.80 bits per heavy atom. The fourth-order valence-electron chi connectivity index (χ4n) is 5.08. The Hall–Kier alpha value is -1.59. The molecule has 1 aromatic carbocycles. The number of likely N-dealkylation sites (tertiary alicyclic amines) is 1. The van der Waals surface area contributed by atoms with E-state index < -0.39 is 5.60 Å². The molecule has 2 N–H and O–H groups in total. The Bertz CT molecular complexity index is 629. The van der Waals surface area contributed by atoms with Gasteiger partial charge in [0, 0.05) is 25.0 Å². The van der Waals surface area contributed by atoms with Crippen LogP contribution in [0.4, 0.5) is 0 Å². The molecule has 5 heteroatoms. The minimum atomic E-state index is -1.41. The van der Waals surface area contributed by atoms with Gasteiger partial charge in [-0.25, -0.2) is 0 Å². The van der Waals surface area contributed by atoms with Crippen LogP contribution in [0.15, 0.2) is 24.3 Å². The molecule has 5 nitrogen and oxygen atoms in total. The molecule has 3 atom stereocenters. The summed E-state index contributed by atoms with van der Waals surface area (Å²) < 4.78 is 5.23. The van der Waals surface area contributed by atoms with Gasteiger partial charge in [-0.2, -0.15) is 0 Å². The van der Waals surface area contributed by atoms with E-state index >= 15 is 0 Å². The van der Waals surface area contributed by atoms with E-state index in [0.717, 1.165) is 44.5 Å². The number of fused-ring (bicyclic) bond motifs is 1. The number of amides is 1. The third kappa shape index (κ3) is 2.64. The standard InChI is InChI=1S/C20H28N2O3/c1-21-18-16-11-22(12-17(16)18)19(23)20(24,13-5-3-4-6-13)14-7-9-15(25-2)10-8-14/h7-10,13,16-18,21,24H,3-6,11-12H2,1-2H3. The molecular formula is C20H28N2O3. The van der Waals surface area contributed by atoms with Gasteiger partial charge in [-0.15, -0.1) is 0 Å². The molecule has 0 aromatic heterocycles. The number of aliphatic hydroxyl groups is 1. The van der Waals surface area contributed by atoms with Gasteiger partial charge in [0.05, 0.1) is 7.11 Å². The summed E-state index contributed by atoms with van der Waals surface area (Å²) >= 11 is 0. The van der Waals surface area contributed by atoms with Crippen molar-refractivity contribution in [2.75, 3.05) is 27.2 Å². The van der Waals surface area contributed by atoms with E-state index in [1.807, 2.05) is 36.2 Å². The van der Waals surface area contributed by atoms with E-state index in [1.165, 1.54) is 0 Å². The van der Waals surface area contributed by atoms with Gasteiger partial charge in [-0.05, 0) is 49.4 Å². The highest BCUT2D eigenvalue weighted by Crippen LogP contribution is 2.48. The predicted molar refractivity (Wildman–Crippen MR) is 95.3 cm³/mol. The zero-order valence-corrected chi connectivity index (χ0v) is 15.1. The quantitative estimate of drug-likeness (QED) is 0.854. The van der Waals surface area contributed by atoms with E-state index in [4.69, 9.17) is 4.74 Å². The number of carbonyl (C=O) groups excluding carboxylic acids is 1. The summed E-state index contributed by atoms with van der Waals surface area (Å²) in [5.74, 6) is 1.75. The lowest BCUT2D eigenvalue weighted by Crippen LogP contribution is -2.51. The molecule has 4 rings (SSSR count). The fraction of sp³-hybridized carbons (Fsp3) is 0.650. The summed E-state index contributed by atoms with van der Waals surface area (Å²) in [5, 5.41) is 15.0. The van der Waals surface area contributed by atoms with Crippen LogP contribution in [0.3, 0.4) is 0 Å².